The molecule has 0 amide bonds. The molecule has 3 aromatic rings. The number of carbonyl (C=O) groups excluding carboxylic acids is 1. The summed E-state index contributed by atoms with van der Waals surface area (Å²) in [6, 6.07) is 7.94. The van der Waals surface area contributed by atoms with E-state index < -0.39 is 0 Å². The number of rotatable bonds is 6. The van der Waals surface area contributed by atoms with Crippen LogP contribution in [0.5, 0.6) is 23.0 Å². The van der Waals surface area contributed by atoms with E-state index in [2.05, 4.69) is 16.8 Å². The van der Waals surface area contributed by atoms with Crippen molar-refractivity contribution < 1.29 is 50.0 Å². The van der Waals surface area contributed by atoms with Crippen LogP contribution in [0.1, 0.15) is 24.5 Å². The minimum atomic E-state index is -0.246. The highest BCUT2D eigenvalue weighted by Crippen LogP contribution is 2.43. The number of nitrogens with zero attached hydrogens (tertiary/aromatic N) is 1. The van der Waals surface area contributed by atoms with E-state index in [1.54, 1.807) is 14.2 Å². The van der Waals surface area contributed by atoms with Gasteiger partial charge in [0.1, 0.15) is 0 Å². The van der Waals surface area contributed by atoms with E-state index in [0.29, 0.717) is 18.1 Å². The summed E-state index contributed by atoms with van der Waals surface area (Å²) in [5, 5.41) is 1.84. The molecule has 0 radical (unpaired) electrons. The lowest BCUT2D eigenvalue weighted by molar-refractivity contribution is -0.686. The lowest BCUT2D eigenvalue weighted by atomic mass is 9.90. The van der Waals surface area contributed by atoms with Crippen molar-refractivity contribution in [2.75, 3.05) is 27.6 Å². The molecule has 3 heterocycles. The maximum atomic E-state index is 12.7. The molecule has 0 atom stereocenters. The van der Waals surface area contributed by atoms with Crippen LogP contribution in [0, 0.1) is 0 Å². The van der Waals surface area contributed by atoms with Crippen molar-refractivity contribution in [1.29, 1.82) is 0 Å². The van der Waals surface area contributed by atoms with Gasteiger partial charge in [-0.15, -0.1) is 0 Å². The average molecular weight is 516 g/mol. The third-order valence-corrected chi connectivity index (χ3v) is 6.03. The Balaban J connectivity index is 0.00000259. The van der Waals surface area contributed by atoms with Crippen molar-refractivity contribution in [2.45, 2.75) is 32.7 Å². The Hall–Kier alpha value is -3.00. The van der Waals surface area contributed by atoms with Crippen LogP contribution in [0.25, 0.3) is 22.0 Å². The smallest absolute Gasteiger partial charge is 0.310 e. The highest BCUT2D eigenvalue weighted by molar-refractivity contribution is 5.97. The molecule has 0 spiro atoms. The first-order chi connectivity index (χ1) is 15.6. The van der Waals surface area contributed by atoms with Crippen molar-refractivity contribution in [3.8, 4) is 34.3 Å². The molecule has 0 fully saturated rings. The summed E-state index contributed by atoms with van der Waals surface area (Å²) in [5.41, 5.74) is 4.13. The highest BCUT2D eigenvalue weighted by atomic mass is 79.9. The molecular formula is C25H26BrNO6. The first-order valence-electron chi connectivity index (χ1n) is 10.8. The number of pyridine rings is 1. The molecule has 8 heteroatoms. The number of esters is 1. The van der Waals surface area contributed by atoms with Crippen LogP contribution in [0.15, 0.2) is 30.5 Å². The predicted molar refractivity (Wildman–Crippen MR) is 117 cm³/mol. The normalized spacial score (nSPS) is 13.1. The molecule has 0 saturated heterocycles. The van der Waals surface area contributed by atoms with Crippen LogP contribution in [0.3, 0.4) is 0 Å². The number of hydrogen-bond acceptors (Lipinski definition) is 6. The van der Waals surface area contributed by atoms with E-state index in [-0.39, 0.29) is 36.2 Å². The third-order valence-electron chi connectivity index (χ3n) is 6.03. The van der Waals surface area contributed by atoms with Crippen molar-refractivity contribution in [3.63, 3.8) is 0 Å². The summed E-state index contributed by atoms with van der Waals surface area (Å²) in [7, 11) is 3.25. The fourth-order valence-electron chi connectivity index (χ4n) is 4.60. The topological polar surface area (TPSA) is 67.1 Å². The Labute approximate surface area is 202 Å². The second kappa shape index (κ2) is 9.47. The third kappa shape index (κ3) is 3.97. The molecule has 2 aliphatic rings. The van der Waals surface area contributed by atoms with E-state index in [9.17, 15) is 4.79 Å². The minimum Gasteiger partial charge on any atom is -1.00 e. The molecule has 0 unspecified atom stereocenters. The van der Waals surface area contributed by atoms with E-state index in [1.165, 1.54) is 5.56 Å². The number of aromatic nitrogens is 1. The Bertz CT molecular complexity index is 1230. The minimum absolute atomic E-state index is 0. The second-order valence-electron chi connectivity index (χ2n) is 7.92. The van der Waals surface area contributed by atoms with Crippen molar-refractivity contribution in [3.05, 3.63) is 41.6 Å². The number of methoxy groups -OCH3 is 2. The first kappa shape index (κ1) is 23.2. The van der Waals surface area contributed by atoms with Gasteiger partial charge in [0.25, 0.3) is 0 Å². The highest BCUT2D eigenvalue weighted by Gasteiger charge is 2.33. The summed E-state index contributed by atoms with van der Waals surface area (Å²) < 4.78 is 30.1. The largest absolute Gasteiger partial charge is 1.00 e. The van der Waals surface area contributed by atoms with Crippen LogP contribution in [0.2, 0.25) is 0 Å². The van der Waals surface area contributed by atoms with Gasteiger partial charge in [-0.25, -0.2) is 0 Å². The van der Waals surface area contributed by atoms with Gasteiger partial charge >= 0.3 is 5.97 Å². The Kier molecular flexibility index (Phi) is 6.65. The molecule has 0 N–H and O–H groups in total. The number of benzene rings is 2. The van der Waals surface area contributed by atoms with Crippen molar-refractivity contribution in [1.82, 2.24) is 0 Å². The zero-order chi connectivity index (χ0) is 22.2. The van der Waals surface area contributed by atoms with Crippen molar-refractivity contribution in [2.24, 2.45) is 0 Å². The average Bonchev–Trinajstić information content (AvgIpc) is 3.27. The number of fused-ring (bicyclic) bond motifs is 5. The SMILES string of the molecule is CCCOC(=O)Cc1c2[n+](cc3c(OC)c(OC)ccc13)CCc1cc3c(cc1-2)OCO3.[Br-]. The van der Waals surface area contributed by atoms with Gasteiger partial charge in [0.05, 0.1) is 38.2 Å². The molecule has 174 valence electrons. The zero-order valence-electron chi connectivity index (χ0n) is 18.9. The van der Waals surface area contributed by atoms with E-state index in [0.717, 1.165) is 58.5 Å². The van der Waals surface area contributed by atoms with Crippen molar-refractivity contribution >= 4 is 16.7 Å². The maximum Gasteiger partial charge on any atom is 0.310 e. The summed E-state index contributed by atoms with van der Waals surface area (Å²) in [6.45, 7) is 3.39. The number of halogens is 1. The summed E-state index contributed by atoms with van der Waals surface area (Å²) in [4.78, 5) is 12.7. The number of ether oxygens (including phenoxy) is 5. The van der Waals surface area contributed by atoms with Crippen LogP contribution in [-0.4, -0.2) is 33.6 Å². The van der Waals surface area contributed by atoms with Gasteiger partial charge in [-0.05, 0) is 36.2 Å². The fraction of sp³-hybridized carbons (Fsp3) is 0.360. The standard InChI is InChI=1S/C25H26NO6.BrH/c1-4-9-30-23(27)12-18-16-5-6-20(28-2)25(29-3)19(16)13-26-8-7-15-10-21-22(32-14-31-21)11-17(15)24(18)26;/h5-6,10-11,13H,4,7-9,12,14H2,1-3H3;1H/q+1;/p-1. The molecular weight excluding hydrogens is 490 g/mol. The fourth-order valence-corrected chi connectivity index (χ4v) is 4.60. The number of aryl methyl sites for hydroxylation is 2. The molecule has 7 nitrogen and oxygen atoms in total. The molecule has 0 aliphatic carbocycles. The van der Waals surface area contributed by atoms with Gasteiger partial charge in [0.2, 0.25) is 12.5 Å². The van der Waals surface area contributed by atoms with E-state index >= 15 is 0 Å². The quantitative estimate of drug-likeness (QED) is 0.353. The van der Waals surface area contributed by atoms with E-state index in [1.807, 2.05) is 25.1 Å². The molecule has 33 heavy (non-hydrogen) atoms. The Morgan fingerprint density at radius 2 is 1.88 bits per heavy atom. The van der Waals surface area contributed by atoms with Crippen LogP contribution >= 0.6 is 0 Å². The van der Waals surface area contributed by atoms with Gasteiger partial charge in [-0.2, -0.15) is 4.57 Å². The summed E-state index contributed by atoms with van der Waals surface area (Å²) >= 11 is 0. The van der Waals surface area contributed by atoms with Crippen LogP contribution < -0.4 is 40.5 Å². The first-order valence-corrected chi connectivity index (χ1v) is 10.8. The molecule has 2 aromatic carbocycles. The predicted octanol–water partition coefficient (Wildman–Crippen LogP) is 0.596. The van der Waals surface area contributed by atoms with Gasteiger partial charge in [0, 0.05) is 17.4 Å². The number of carbonyl (C=O) groups is 1. The van der Waals surface area contributed by atoms with E-state index in [4.69, 9.17) is 23.7 Å². The number of hydrogen-bond donors (Lipinski definition) is 0. The lowest BCUT2D eigenvalue weighted by Crippen LogP contribution is -3.00. The van der Waals surface area contributed by atoms with Gasteiger partial charge in [-0.3, -0.25) is 4.79 Å². The summed E-state index contributed by atoms with van der Waals surface area (Å²) in [6.07, 6.45) is 3.88. The van der Waals surface area contributed by atoms with Gasteiger partial charge in [-0.1, -0.05) is 6.92 Å². The van der Waals surface area contributed by atoms with Gasteiger partial charge in [0.15, 0.2) is 35.7 Å². The van der Waals surface area contributed by atoms with Crippen LogP contribution in [0.4, 0.5) is 0 Å². The second-order valence-corrected chi connectivity index (χ2v) is 7.92. The Morgan fingerprint density at radius 3 is 2.61 bits per heavy atom. The maximum absolute atomic E-state index is 12.7. The van der Waals surface area contributed by atoms with Crippen LogP contribution in [-0.2, 0) is 28.9 Å². The molecule has 0 saturated carbocycles. The molecule has 0 bridgehead atoms. The summed E-state index contributed by atoms with van der Waals surface area (Å²) in [5.74, 6) is 2.56. The molecule has 5 rings (SSSR count). The van der Waals surface area contributed by atoms with Gasteiger partial charge < -0.3 is 40.7 Å². The lowest BCUT2D eigenvalue weighted by Gasteiger charge is -2.20. The zero-order valence-corrected chi connectivity index (χ0v) is 20.5. The Morgan fingerprint density at radius 1 is 1.09 bits per heavy atom. The molecule has 1 aromatic heterocycles. The molecule has 2 aliphatic heterocycles. The monoisotopic (exact) mass is 515 g/mol.